The molecule has 4 aromatic rings. The summed E-state index contributed by atoms with van der Waals surface area (Å²) in [5.41, 5.74) is 4.84. The SMILES string of the molecule is Cc1ncsc1-c1ccc(CNC(=O)[C@@H]2C[C@@H](O)CN2C(=O)[C@@H](NC(=O)COCCOCCOCCn2ccc3c([N+](=O)[O-])cccc32)C(C)(C)C)cc1. The molecule has 3 amide bonds. The molecule has 0 spiro atoms. The van der Waals surface area contributed by atoms with Gasteiger partial charge in [-0.2, -0.15) is 0 Å². The molecule has 2 aromatic carbocycles. The molecule has 0 aliphatic carbocycles. The fourth-order valence-corrected chi connectivity index (χ4v) is 7.12. The third-order valence-electron chi connectivity index (χ3n) is 9.15. The van der Waals surface area contributed by atoms with E-state index in [4.69, 9.17) is 14.2 Å². The van der Waals surface area contributed by atoms with Gasteiger partial charge in [0.15, 0.2) is 0 Å². The van der Waals surface area contributed by atoms with E-state index in [0.29, 0.717) is 31.8 Å². The van der Waals surface area contributed by atoms with Crippen molar-refractivity contribution in [1.82, 2.24) is 25.1 Å². The Morgan fingerprint density at radius 1 is 1.04 bits per heavy atom. The number of nitro groups is 1. The molecule has 3 atom stereocenters. The van der Waals surface area contributed by atoms with Crippen LogP contribution < -0.4 is 10.6 Å². The van der Waals surface area contributed by atoms with E-state index in [1.807, 2.05) is 62.6 Å². The molecular formula is C38H48N6O9S. The summed E-state index contributed by atoms with van der Waals surface area (Å²) in [6, 6.07) is 12.7. The van der Waals surface area contributed by atoms with E-state index in [1.54, 1.807) is 35.2 Å². The highest BCUT2D eigenvalue weighted by Crippen LogP contribution is 2.29. The molecule has 3 N–H and O–H groups in total. The lowest BCUT2D eigenvalue weighted by atomic mass is 9.85. The van der Waals surface area contributed by atoms with Crippen molar-refractivity contribution in [1.29, 1.82) is 0 Å². The molecule has 5 rings (SSSR count). The van der Waals surface area contributed by atoms with Crippen LogP contribution in [0.5, 0.6) is 0 Å². The molecule has 54 heavy (non-hydrogen) atoms. The number of non-ortho nitro benzene ring substituents is 1. The topological polar surface area (TPSA) is 187 Å². The van der Waals surface area contributed by atoms with Crippen LogP contribution in [0, 0.1) is 22.5 Å². The Labute approximate surface area is 317 Å². The Bertz CT molecular complexity index is 1900. The lowest BCUT2D eigenvalue weighted by Gasteiger charge is -2.35. The number of aliphatic hydroxyl groups is 1. The van der Waals surface area contributed by atoms with Crippen LogP contribution in [0.4, 0.5) is 5.69 Å². The summed E-state index contributed by atoms with van der Waals surface area (Å²) in [6.07, 6.45) is 1.02. The lowest BCUT2D eigenvalue weighted by Crippen LogP contribution is -2.58. The number of amides is 3. The third-order valence-corrected chi connectivity index (χ3v) is 10.1. The minimum Gasteiger partial charge on any atom is -0.391 e. The van der Waals surface area contributed by atoms with Gasteiger partial charge in [-0.05, 0) is 35.6 Å². The Kier molecular flexibility index (Phi) is 13.9. The predicted octanol–water partition coefficient (Wildman–Crippen LogP) is 3.84. The number of thiazole rings is 1. The molecule has 3 heterocycles. The summed E-state index contributed by atoms with van der Waals surface area (Å²) in [6.45, 7) is 9.28. The summed E-state index contributed by atoms with van der Waals surface area (Å²) in [5.74, 6) is -1.32. The van der Waals surface area contributed by atoms with Crippen molar-refractivity contribution in [2.75, 3.05) is 46.2 Å². The second-order valence-electron chi connectivity index (χ2n) is 14.2. The number of ether oxygens (including phenoxy) is 3. The number of likely N-dealkylation sites (tertiary alicyclic amines) is 1. The van der Waals surface area contributed by atoms with Crippen molar-refractivity contribution >= 4 is 45.6 Å². The minimum absolute atomic E-state index is 0.0200. The Hall–Kier alpha value is -4.74. The Morgan fingerprint density at radius 3 is 2.41 bits per heavy atom. The van der Waals surface area contributed by atoms with Gasteiger partial charge in [0.2, 0.25) is 17.7 Å². The number of nitrogens with zero attached hydrogens (tertiary/aromatic N) is 4. The van der Waals surface area contributed by atoms with Crippen molar-refractivity contribution in [3.63, 3.8) is 0 Å². The summed E-state index contributed by atoms with van der Waals surface area (Å²) in [5, 5.41) is 28.0. The smallest absolute Gasteiger partial charge is 0.278 e. The van der Waals surface area contributed by atoms with Gasteiger partial charge in [-0.15, -0.1) is 11.3 Å². The Morgan fingerprint density at radius 2 is 1.74 bits per heavy atom. The first-order valence-corrected chi connectivity index (χ1v) is 18.7. The maximum Gasteiger partial charge on any atom is 0.278 e. The first-order valence-electron chi connectivity index (χ1n) is 17.8. The van der Waals surface area contributed by atoms with Gasteiger partial charge in [-0.1, -0.05) is 51.1 Å². The highest BCUT2D eigenvalue weighted by Gasteiger charge is 2.44. The molecule has 2 aromatic heterocycles. The molecule has 15 nitrogen and oxygen atoms in total. The number of β-amino-alcohol motifs (C(OH)–C–C–N with tert-alkyl or cyclic N) is 1. The quantitative estimate of drug-likeness (QED) is 0.0764. The summed E-state index contributed by atoms with van der Waals surface area (Å²) in [7, 11) is 0. The van der Waals surface area contributed by atoms with Gasteiger partial charge >= 0.3 is 0 Å². The minimum atomic E-state index is -0.968. The molecule has 1 saturated heterocycles. The van der Waals surface area contributed by atoms with Crippen LogP contribution >= 0.6 is 11.3 Å². The van der Waals surface area contributed by atoms with E-state index < -0.39 is 40.3 Å². The molecule has 290 valence electrons. The van der Waals surface area contributed by atoms with Crippen LogP contribution in [0.2, 0.25) is 0 Å². The molecule has 1 aliphatic rings. The maximum atomic E-state index is 13.8. The number of carbonyl (C=O) groups excluding carboxylic acids is 3. The van der Waals surface area contributed by atoms with Gasteiger partial charge < -0.3 is 39.4 Å². The zero-order valence-electron chi connectivity index (χ0n) is 31.0. The predicted molar refractivity (Wildman–Crippen MR) is 203 cm³/mol. The van der Waals surface area contributed by atoms with Gasteiger partial charge in [0.1, 0.15) is 18.7 Å². The molecular weight excluding hydrogens is 717 g/mol. The van der Waals surface area contributed by atoms with Crippen molar-refractivity contribution in [3.05, 3.63) is 81.6 Å². The van der Waals surface area contributed by atoms with Crippen molar-refractivity contribution in [2.45, 2.75) is 65.4 Å². The average molecular weight is 765 g/mol. The number of hydrogen-bond donors (Lipinski definition) is 3. The summed E-state index contributed by atoms with van der Waals surface area (Å²) < 4.78 is 18.6. The monoisotopic (exact) mass is 764 g/mol. The van der Waals surface area contributed by atoms with E-state index in [2.05, 4.69) is 15.6 Å². The molecule has 1 aliphatic heterocycles. The van der Waals surface area contributed by atoms with Crippen LogP contribution in [0.1, 0.15) is 38.4 Å². The fourth-order valence-electron chi connectivity index (χ4n) is 6.31. The van der Waals surface area contributed by atoms with Gasteiger partial charge in [0, 0.05) is 38.3 Å². The largest absolute Gasteiger partial charge is 0.391 e. The van der Waals surface area contributed by atoms with E-state index in [1.165, 1.54) is 11.0 Å². The van der Waals surface area contributed by atoms with E-state index in [-0.39, 0.29) is 50.9 Å². The summed E-state index contributed by atoms with van der Waals surface area (Å²) >= 11 is 1.57. The van der Waals surface area contributed by atoms with Crippen LogP contribution in [-0.4, -0.2) is 107 Å². The molecule has 0 radical (unpaired) electrons. The molecule has 16 heteroatoms. The zero-order chi connectivity index (χ0) is 38.8. The third kappa shape index (κ3) is 10.5. The van der Waals surface area contributed by atoms with E-state index >= 15 is 0 Å². The van der Waals surface area contributed by atoms with Crippen molar-refractivity contribution in [3.8, 4) is 10.4 Å². The fraction of sp³-hybridized carbons (Fsp3) is 0.474. The van der Waals surface area contributed by atoms with Gasteiger partial charge in [0.25, 0.3) is 5.69 Å². The second-order valence-corrected chi connectivity index (χ2v) is 15.1. The number of nitro benzene ring substituents is 1. The lowest BCUT2D eigenvalue weighted by molar-refractivity contribution is -0.383. The van der Waals surface area contributed by atoms with Crippen LogP contribution in [0.3, 0.4) is 0 Å². The van der Waals surface area contributed by atoms with Gasteiger partial charge in [-0.3, -0.25) is 24.5 Å². The van der Waals surface area contributed by atoms with E-state index in [0.717, 1.165) is 27.2 Å². The number of aromatic nitrogens is 2. The van der Waals surface area contributed by atoms with Crippen LogP contribution in [0.25, 0.3) is 21.3 Å². The number of aryl methyl sites for hydroxylation is 1. The number of hydrogen-bond acceptors (Lipinski definition) is 11. The number of benzene rings is 2. The number of carbonyl (C=O) groups is 3. The normalized spacial score (nSPS) is 16.4. The molecule has 1 fully saturated rings. The standard InChI is InChI=1S/C38H48N6O9S/c1-25-34(54-24-40-25)27-10-8-26(9-11-27)21-39-36(47)32-20-28(45)22-43(32)37(48)35(38(2,3)4)41-33(46)23-53-19-18-52-17-16-51-15-14-42-13-12-29-30(42)6-5-7-31(29)44(49)50/h5-13,24,28,32,35,45H,14-23H2,1-4H3,(H,39,47)(H,41,46)/t28-,32+,35-/m1/s1. The van der Waals surface area contributed by atoms with Crippen LogP contribution in [-0.2, 0) is 41.7 Å². The number of nitrogens with one attached hydrogen (secondary N) is 2. The highest BCUT2D eigenvalue weighted by atomic mass is 32.1. The van der Waals surface area contributed by atoms with Crippen LogP contribution in [0.15, 0.2) is 60.2 Å². The molecule has 0 unspecified atom stereocenters. The van der Waals surface area contributed by atoms with Gasteiger partial charge in [-0.25, -0.2) is 4.98 Å². The first-order chi connectivity index (χ1) is 25.8. The Balaban J connectivity index is 1.00. The number of fused-ring (bicyclic) bond motifs is 1. The van der Waals surface area contributed by atoms with Crippen molar-refractivity contribution in [2.24, 2.45) is 5.41 Å². The van der Waals surface area contributed by atoms with Gasteiger partial charge in [0.05, 0.1) is 71.0 Å². The van der Waals surface area contributed by atoms with E-state index in [9.17, 15) is 29.6 Å². The second kappa shape index (κ2) is 18.5. The highest BCUT2D eigenvalue weighted by molar-refractivity contribution is 7.13. The first kappa shape index (κ1) is 40.4. The average Bonchev–Trinajstić information content (AvgIpc) is 3.87. The summed E-state index contributed by atoms with van der Waals surface area (Å²) in [4.78, 5) is 57.6. The maximum absolute atomic E-state index is 13.8. The number of rotatable bonds is 18. The molecule has 0 saturated carbocycles. The van der Waals surface area contributed by atoms with Crippen molar-refractivity contribution < 1.29 is 38.6 Å². The zero-order valence-corrected chi connectivity index (χ0v) is 31.8. The molecule has 0 bridgehead atoms. The number of aliphatic hydroxyl groups excluding tert-OH is 1.